The van der Waals surface area contributed by atoms with Crippen molar-refractivity contribution >= 4 is 40.4 Å². The van der Waals surface area contributed by atoms with Gasteiger partial charge in [0.15, 0.2) is 6.54 Å². The van der Waals surface area contributed by atoms with Crippen molar-refractivity contribution in [2.24, 2.45) is 0 Å². The SMILES string of the molecule is C[NH+](CC(=O)NCc1ccc(Cl)cc1Cl)Cc1ccsc1. The molecule has 1 unspecified atom stereocenters. The van der Waals surface area contributed by atoms with E-state index < -0.39 is 0 Å². The molecule has 6 heteroatoms. The number of halogens is 2. The molecule has 0 saturated heterocycles. The average Bonchev–Trinajstić information content (AvgIpc) is 2.90. The topological polar surface area (TPSA) is 33.5 Å². The van der Waals surface area contributed by atoms with Crippen LogP contribution in [0.15, 0.2) is 35.0 Å². The van der Waals surface area contributed by atoms with Gasteiger partial charge in [-0.1, -0.05) is 29.3 Å². The maximum absolute atomic E-state index is 11.9. The fourth-order valence-corrected chi connectivity index (χ4v) is 3.14. The molecular formula is C15H17Cl2N2OS+. The minimum absolute atomic E-state index is 0.00810. The molecule has 0 saturated carbocycles. The van der Waals surface area contributed by atoms with Gasteiger partial charge in [-0.15, -0.1) is 0 Å². The zero-order valence-corrected chi connectivity index (χ0v) is 14.0. The van der Waals surface area contributed by atoms with Gasteiger partial charge < -0.3 is 10.2 Å². The normalized spacial score (nSPS) is 12.1. The summed E-state index contributed by atoms with van der Waals surface area (Å²) in [5.74, 6) is 0.00810. The molecule has 1 aromatic carbocycles. The molecule has 0 radical (unpaired) electrons. The molecule has 2 rings (SSSR count). The smallest absolute Gasteiger partial charge is 0.275 e. The zero-order chi connectivity index (χ0) is 15.2. The molecule has 3 nitrogen and oxygen atoms in total. The number of carbonyl (C=O) groups is 1. The van der Waals surface area contributed by atoms with Crippen molar-refractivity contribution in [1.82, 2.24) is 5.32 Å². The first-order valence-corrected chi connectivity index (χ1v) is 8.27. The number of nitrogens with one attached hydrogen (secondary N) is 2. The molecule has 112 valence electrons. The highest BCUT2D eigenvalue weighted by atomic mass is 35.5. The number of amides is 1. The van der Waals surface area contributed by atoms with Crippen molar-refractivity contribution in [1.29, 1.82) is 0 Å². The summed E-state index contributed by atoms with van der Waals surface area (Å²) in [6.45, 7) is 1.69. The second-order valence-electron chi connectivity index (χ2n) is 4.95. The Kier molecular flexibility index (Phi) is 6.06. The number of quaternary nitrogens is 1. The molecule has 1 heterocycles. The Labute approximate surface area is 138 Å². The largest absolute Gasteiger partial charge is 0.347 e. The quantitative estimate of drug-likeness (QED) is 0.829. The molecular weight excluding hydrogens is 327 g/mol. The summed E-state index contributed by atoms with van der Waals surface area (Å²) in [7, 11) is 2.01. The maximum Gasteiger partial charge on any atom is 0.275 e. The Hall–Kier alpha value is -1.07. The lowest BCUT2D eigenvalue weighted by molar-refractivity contribution is -0.885. The van der Waals surface area contributed by atoms with Crippen LogP contribution in [0.2, 0.25) is 10.0 Å². The van der Waals surface area contributed by atoms with E-state index >= 15 is 0 Å². The molecule has 0 aliphatic rings. The highest BCUT2D eigenvalue weighted by molar-refractivity contribution is 7.07. The van der Waals surface area contributed by atoms with Crippen LogP contribution in [0.5, 0.6) is 0 Å². The van der Waals surface area contributed by atoms with E-state index in [0.29, 0.717) is 23.1 Å². The number of likely N-dealkylation sites (N-methyl/N-ethyl adjacent to an activating group) is 1. The minimum Gasteiger partial charge on any atom is -0.347 e. The van der Waals surface area contributed by atoms with Gasteiger partial charge in [0.2, 0.25) is 0 Å². The number of benzene rings is 1. The van der Waals surface area contributed by atoms with E-state index in [-0.39, 0.29) is 5.91 Å². The molecule has 0 aliphatic carbocycles. The van der Waals surface area contributed by atoms with Crippen LogP contribution in [-0.2, 0) is 17.9 Å². The highest BCUT2D eigenvalue weighted by Gasteiger charge is 2.11. The molecule has 2 N–H and O–H groups in total. The number of thiophene rings is 1. The van der Waals surface area contributed by atoms with Crippen LogP contribution in [0.25, 0.3) is 0 Å². The molecule has 1 amide bonds. The Balaban J connectivity index is 1.79. The lowest BCUT2D eigenvalue weighted by Crippen LogP contribution is -3.08. The Morgan fingerprint density at radius 2 is 2.14 bits per heavy atom. The van der Waals surface area contributed by atoms with E-state index in [2.05, 4.69) is 16.8 Å². The van der Waals surface area contributed by atoms with Gasteiger partial charge in [-0.05, 0) is 34.5 Å². The number of hydrogen-bond donors (Lipinski definition) is 2. The molecule has 2 aromatic rings. The van der Waals surface area contributed by atoms with Gasteiger partial charge in [-0.25, -0.2) is 0 Å². The van der Waals surface area contributed by atoms with Gasteiger partial charge in [0.1, 0.15) is 6.54 Å². The third kappa shape index (κ3) is 5.32. The van der Waals surface area contributed by atoms with Crippen LogP contribution in [0.1, 0.15) is 11.1 Å². The van der Waals surface area contributed by atoms with Crippen LogP contribution in [0.4, 0.5) is 0 Å². The summed E-state index contributed by atoms with van der Waals surface area (Å²) < 4.78 is 0. The van der Waals surface area contributed by atoms with E-state index in [4.69, 9.17) is 23.2 Å². The van der Waals surface area contributed by atoms with E-state index in [0.717, 1.165) is 17.0 Å². The second kappa shape index (κ2) is 7.80. The lowest BCUT2D eigenvalue weighted by atomic mass is 10.2. The van der Waals surface area contributed by atoms with Crippen molar-refractivity contribution < 1.29 is 9.69 Å². The van der Waals surface area contributed by atoms with E-state index in [1.807, 2.05) is 18.5 Å². The summed E-state index contributed by atoms with van der Waals surface area (Å²) in [6.07, 6.45) is 0. The average molecular weight is 344 g/mol. The Morgan fingerprint density at radius 1 is 1.33 bits per heavy atom. The minimum atomic E-state index is 0.00810. The van der Waals surface area contributed by atoms with Crippen molar-refractivity contribution in [3.63, 3.8) is 0 Å². The first-order chi connectivity index (χ1) is 10.0. The summed E-state index contributed by atoms with van der Waals surface area (Å²) in [6, 6.07) is 7.36. The van der Waals surface area contributed by atoms with Gasteiger partial charge in [-0.2, -0.15) is 11.3 Å². The summed E-state index contributed by atoms with van der Waals surface area (Å²) in [4.78, 5) is 13.1. The van der Waals surface area contributed by atoms with Crippen LogP contribution in [-0.4, -0.2) is 19.5 Å². The van der Waals surface area contributed by atoms with Crippen molar-refractivity contribution in [3.8, 4) is 0 Å². The standard InChI is InChI=1S/C15H16Cl2N2OS/c1-19(8-11-4-5-21-10-11)9-15(20)18-7-12-2-3-13(16)6-14(12)17/h2-6,10H,7-9H2,1H3,(H,18,20)/p+1. The van der Waals surface area contributed by atoms with Crippen molar-refractivity contribution in [2.75, 3.05) is 13.6 Å². The molecule has 0 spiro atoms. The fraction of sp³-hybridized carbons (Fsp3) is 0.267. The van der Waals surface area contributed by atoms with Crippen LogP contribution in [0, 0.1) is 0 Å². The van der Waals surface area contributed by atoms with Crippen LogP contribution >= 0.6 is 34.5 Å². The maximum atomic E-state index is 11.9. The summed E-state index contributed by atoms with van der Waals surface area (Å²) in [5, 5.41) is 8.20. The van der Waals surface area contributed by atoms with Gasteiger partial charge in [0.05, 0.1) is 7.05 Å². The monoisotopic (exact) mass is 343 g/mol. The van der Waals surface area contributed by atoms with Gasteiger partial charge in [-0.3, -0.25) is 4.79 Å². The second-order valence-corrected chi connectivity index (χ2v) is 6.58. The molecule has 1 atom stereocenters. The Morgan fingerprint density at radius 3 is 2.81 bits per heavy atom. The number of hydrogen-bond acceptors (Lipinski definition) is 2. The zero-order valence-electron chi connectivity index (χ0n) is 11.7. The van der Waals surface area contributed by atoms with Gasteiger partial charge in [0.25, 0.3) is 5.91 Å². The van der Waals surface area contributed by atoms with Crippen LogP contribution < -0.4 is 10.2 Å². The van der Waals surface area contributed by atoms with E-state index in [1.165, 1.54) is 5.56 Å². The van der Waals surface area contributed by atoms with Crippen LogP contribution in [0.3, 0.4) is 0 Å². The number of carbonyl (C=O) groups excluding carboxylic acids is 1. The number of rotatable bonds is 6. The first kappa shape index (κ1) is 16.3. The van der Waals surface area contributed by atoms with Gasteiger partial charge in [0, 0.05) is 22.2 Å². The third-order valence-electron chi connectivity index (χ3n) is 3.04. The van der Waals surface area contributed by atoms with E-state index in [1.54, 1.807) is 23.5 Å². The predicted molar refractivity (Wildman–Crippen MR) is 88.1 cm³/mol. The molecule has 21 heavy (non-hydrogen) atoms. The third-order valence-corrected chi connectivity index (χ3v) is 4.36. The highest BCUT2D eigenvalue weighted by Crippen LogP contribution is 2.20. The van der Waals surface area contributed by atoms with E-state index in [9.17, 15) is 4.79 Å². The predicted octanol–water partition coefficient (Wildman–Crippen LogP) is 2.39. The summed E-state index contributed by atoms with van der Waals surface area (Å²) >= 11 is 13.6. The summed E-state index contributed by atoms with van der Waals surface area (Å²) in [5.41, 5.74) is 2.12. The van der Waals surface area contributed by atoms with Gasteiger partial charge >= 0.3 is 0 Å². The lowest BCUT2D eigenvalue weighted by Gasteiger charge is -2.13. The fourth-order valence-electron chi connectivity index (χ4n) is 2.00. The molecule has 1 aromatic heterocycles. The Bertz CT molecular complexity index is 602. The molecule has 0 aliphatic heterocycles. The van der Waals surface area contributed by atoms with Crippen molar-refractivity contribution in [3.05, 3.63) is 56.2 Å². The van der Waals surface area contributed by atoms with Crippen molar-refractivity contribution in [2.45, 2.75) is 13.1 Å². The molecule has 0 fully saturated rings. The molecule has 0 bridgehead atoms. The first-order valence-electron chi connectivity index (χ1n) is 6.57.